The van der Waals surface area contributed by atoms with Crippen molar-refractivity contribution in [1.82, 2.24) is 16.0 Å². The first-order valence-corrected chi connectivity index (χ1v) is 14.0. The molecular formula is C29H46BN3O6. The Labute approximate surface area is 233 Å². The Kier molecular flexibility index (Phi) is 9.43. The van der Waals surface area contributed by atoms with Crippen molar-refractivity contribution in [2.24, 2.45) is 5.92 Å². The van der Waals surface area contributed by atoms with Crippen LogP contribution >= 0.6 is 0 Å². The highest BCUT2D eigenvalue weighted by atomic mass is 16.7. The molecule has 0 spiro atoms. The Morgan fingerprint density at radius 2 is 1.67 bits per heavy atom. The molecular weight excluding hydrogens is 497 g/mol. The first kappa shape index (κ1) is 30.9. The molecule has 1 saturated carbocycles. The molecule has 1 aromatic carbocycles. The Morgan fingerprint density at radius 1 is 1.05 bits per heavy atom. The lowest BCUT2D eigenvalue weighted by atomic mass is 9.77. The predicted molar refractivity (Wildman–Crippen MR) is 151 cm³/mol. The molecule has 1 unspecified atom stereocenters. The first-order chi connectivity index (χ1) is 18.0. The predicted octanol–water partition coefficient (Wildman–Crippen LogP) is 4.35. The van der Waals surface area contributed by atoms with Crippen LogP contribution in [0.25, 0.3) is 0 Å². The monoisotopic (exact) mass is 543 g/mol. The van der Waals surface area contributed by atoms with Crippen LogP contribution in [-0.4, -0.2) is 53.3 Å². The van der Waals surface area contributed by atoms with E-state index < -0.39 is 28.4 Å². The number of hydrogen-bond acceptors (Lipinski definition) is 6. The van der Waals surface area contributed by atoms with E-state index in [4.69, 9.17) is 14.0 Å². The second-order valence-corrected chi connectivity index (χ2v) is 13.0. The van der Waals surface area contributed by atoms with Gasteiger partial charge in [0.1, 0.15) is 12.1 Å². The molecule has 216 valence electrons. The standard InChI is InChI=1S/C29H46BN3O6/c1-20(34)32-29(24(35)33-26(2,3)4)18-23(31-25(36)37-19-21-13-10-9-11-14-21)17-22(29)15-12-16-30-38-27(5,6)28(7,8)39-30/h9-11,13-14,22-23H,12,15-19H2,1-8H3,(H,31,36)(H,32,34)(H,33,35)/t22-,23?,29-/m0/s1. The van der Waals surface area contributed by atoms with E-state index in [0.29, 0.717) is 19.2 Å². The number of nitrogens with one attached hydrogen (secondary N) is 3. The normalized spacial score (nSPS) is 25.7. The Hall–Kier alpha value is -2.59. The summed E-state index contributed by atoms with van der Waals surface area (Å²) in [5.74, 6) is -0.735. The summed E-state index contributed by atoms with van der Waals surface area (Å²) >= 11 is 0. The van der Waals surface area contributed by atoms with Gasteiger partial charge in [-0.15, -0.1) is 0 Å². The molecule has 2 aliphatic rings. The second-order valence-electron chi connectivity index (χ2n) is 13.0. The lowest BCUT2D eigenvalue weighted by molar-refractivity contribution is -0.135. The van der Waals surface area contributed by atoms with Gasteiger partial charge in [0.25, 0.3) is 0 Å². The van der Waals surface area contributed by atoms with Crippen LogP contribution in [0.15, 0.2) is 30.3 Å². The molecule has 3 atom stereocenters. The summed E-state index contributed by atoms with van der Waals surface area (Å²) in [6, 6.07) is 9.11. The van der Waals surface area contributed by atoms with Crippen molar-refractivity contribution in [3.05, 3.63) is 35.9 Å². The van der Waals surface area contributed by atoms with Crippen molar-refractivity contribution in [3.8, 4) is 0 Å². The first-order valence-electron chi connectivity index (χ1n) is 14.0. The molecule has 10 heteroatoms. The summed E-state index contributed by atoms with van der Waals surface area (Å²) in [5, 5.41) is 8.99. The summed E-state index contributed by atoms with van der Waals surface area (Å²) < 4.78 is 17.7. The fourth-order valence-electron chi connectivity index (χ4n) is 5.46. The van der Waals surface area contributed by atoms with Crippen molar-refractivity contribution in [3.63, 3.8) is 0 Å². The van der Waals surface area contributed by atoms with E-state index in [-0.39, 0.29) is 43.9 Å². The van der Waals surface area contributed by atoms with E-state index in [1.165, 1.54) is 6.92 Å². The Balaban J connectivity index is 1.72. The van der Waals surface area contributed by atoms with Gasteiger partial charge in [0, 0.05) is 24.9 Å². The van der Waals surface area contributed by atoms with Gasteiger partial charge in [0.05, 0.1) is 11.2 Å². The van der Waals surface area contributed by atoms with E-state index in [2.05, 4.69) is 16.0 Å². The fourth-order valence-corrected chi connectivity index (χ4v) is 5.46. The molecule has 1 aliphatic carbocycles. The van der Waals surface area contributed by atoms with Crippen LogP contribution in [0.3, 0.4) is 0 Å². The third-order valence-electron chi connectivity index (χ3n) is 7.96. The van der Waals surface area contributed by atoms with Crippen molar-refractivity contribution in [2.75, 3.05) is 0 Å². The Morgan fingerprint density at radius 3 is 2.23 bits per heavy atom. The second kappa shape index (κ2) is 11.9. The van der Waals surface area contributed by atoms with Gasteiger partial charge in [-0.2, -0.15) is 0 Å². The lowest BCUT2D eigenvalue weighted by Crippen LogP contribution is -2.63. The maximum Gasteiger partial charge on any atom is 0.457 e. The maximum absolute atomic E-state index is 13.7. The van der Waals surface area contributed by atoms with Crippen LogP contribution in [0.1, 0.15) is 86.6 Å². The minimum Gasteiger partial charge on any atom is -0.445 e. The quantitative estimate of drug-likeness (QED) is 0.399. The van der Waals surface area contributed by atoms with Crippen LogP contribution in [-0.2, 0) is 30.2 Å². The highest BCUT2D eigenvalue weighted by molar-refractivity contribution is 6.45. The van der Waals surface area contributed by atoms with Gasteiger partial charge in [0.2, 0.25) is 11.8 Å². The number of hydrogen-bond donors (Lipinski definition) is 3. The maximum atomic E-state index is 13.7. The number of ether oxygens (including phenoxy) is 1. The van der Waals surface area contributed by atoms with Crippen LogP contribution < -0.4 is 16.0 Å². The van der Waals surface area contributed by atoms with E-state index in [1.807, 2.05) is 78.8 Å². The number of rotatable bonds is 9. The molecule has 1 saturated heterocycles. The largest absolute Gasteiger partial charge is 0.457 e. The molecule has 3 N–H and O–H groups in total. The molecule has 1 aromatic rings. The average Bonchev–Trinajstić information content (AvgIpc) is 3.23. The van der Waals surface area contributed by atoms with Gasteiger partial charge < -0.3 is 30.0 Å². The fraction of sp³-hybridized carbons (Fsp3) is 0.690. The van der Waals surface area contributed by atoms with E-state index in [1.54, 1.807) is 0 Å². The van der Waals surface area contributed by atoms with Crippen LogP contribution in [0.5, 0.6) is 0 Å². The SMILES string of the molecule is CC(=O)N[C@@]1(C(=O)NC(C)(C)C)CC(NC(=O)OCc2ccccc2)C[C@@H]1CCCB1OC(C)(C)C(C)(C)O1. The van der Waals surface area contributed by atoms with E-state index >= 15 is 0 Å². The van der Waals surface area contributed by atoms with Crippen LogP contribution in [0.2, 0.25) is 6.32 Å². The number of amides is 3. The van der Waals surface area contributed by atoms with E-state index in [0.717, 1.165) is 12.0 Å². The minimum absolute atomic E-state index is 0.151. The molecule has 2 fully saturated rings. The summed E-state index contributed by atoms with van der Waals surface area (Å²) in [6.07, 6.45) is 2.31. The smallest absolute Gasteiger partial charge is 0.445 e. The molecule has 3 rings (SSSR count). The molecule has 39 heavy (non-hydrogen) atoms. The van der Waals surface area contributed by atoms with Crippen molar-refractivity contribution >= 4 is 25.0 Å². The molecule has 0 aromatic heterocycles. The summed E-state index contributed by atoms with van der Waals surface area (Å²) in [4.78, 5) is 38.8. The summed E-state index contributed by atoms with van der Waals surface area (Å²) in [7, 11) is -0.336. The minimum atomic E-state index is -1.16. The zero-order valence-electron chi connectivity index (χ0n) is 24.8. The lowest BCUT2D eigenvalue weighted by Gasteiger charge is -2.37. The number of alkyl carbamates (subject to hydrolysis) is 1. The van der Waals surface area contributed by atoms with Crippen molar-refractivity contribution in [2.45, 2.75) is 122 Å². The third-order valence-corrected chi connectivity index (χ3v) is 7.96. The number of benzene rings is 1. The van der Waals surface area contributed by atoms with Gasteiger partial charge >= 0.3 is 13.2 Å². The zero-order chi connectivity index (χ0) is 29.1. The zero-order valence-corrected chi connectivity index (χ0v) is 24.8. The van der Waals surface area contributed by atoms with Gasteiger partial charge in [-0.1, -0.05) is 36.8 Å². The van der Waals surface area contributed by atoms with Crippen LogP contribution in [0.4, 0.5) is 4.79 Å². The molecule has 3 amide bonds. The van der Waals surface area contributed by atoms with Gasteiger partial charge in [0.15, 0.2) is 0 Å². The van der Waals surface area contributed by atoms with Crippen molar-refractivity contribution < 1.29 is 28.4 Å². The summed E-state index contributed by atoms with van der Waals surface area (Å²) in [6.45, 7) is 15.4. The topological polar surface area (TPSA) is 115 Å². The molecule has 1 aliphatic heterocycles. The number of carbonyl (C=O) groups is 3. The summed E-state index contributed by atoms with van der Waals surface area (Å²) in [5.41, 5.74) is -1.58. The third kappa shape index (κ3) is 7.98. The molecule has 9 nitrogen and oxygen atoms in total. The number of carbonyl (C=O) groups excluding carboxylic acids is 3. The highest BCUT2D eigenvalue weighted by Crippen LogP contribution is 2.42. The van der Waals surface area contributed by atoms with Crippen molar-refractivity contribution in [1.29, 1.82) is 0 Å². The molecule has 0 bridgehead atoms. The molecule has 1 heterocycles. The Bertz CT molecular complexity index is 1010. The average molecular weight is 544 g/mol. The van der Waals surface area contributed by atoms with Gasteiger partial charge in [-0.25, -0.2) is 4.79 Å². The highest BCUT2D eigenvalue weighted by Gasteiger charge is 2.55. The molecule has 0 radical (unpaired) electrons. The van der Waals surface area contributed by atoms with E-state index in [9.17, 15) is 14.4 Å². The van der Waals surface area contributed by atoms with Crippen LogP contribution in [0, 0.1) is 5.92 Å². The van der Waals surface area contributed by atoms with Gasteiger partial charge in [-0.3, -0.25) is 9.59 Å². The van der Waals surface area contributed by atoms with Gasteiger partial charge in [-0.05, 0) is 79.1 Å².